The van der Waals surface area contributed by atoms with Gasteiger partial charge in [0.2, 0.25) is 0 Å². The lowest BCUT2D eigenvalue weighted by Crippen LogP contribution is -2.33. The summed E-state index contributed by atoms with van der Waals surface area (Å²) in [4.78, 5) is 33.8. The molecule has 3 N–H and O–H groups in total. The molecule has 0 saturated heterocycles. The molecule has 9 heteroatoms. The molecule has 1 heterocycles. The van der Waals surface area contributed by atoms with Gasteiger partial charge in [-0.25, -0.2) is 10.3 Å². The van der Waals surface area contributed by atoms with Crippen LogP contribution in [0.15, 0.2) is 79.1 Å². The summed E-state index contributed by atoms with van der Waals surface area (Å²) < 4.78 is 1.17. The van der Waals surface area contributed by atoms with E-state index >= 15 is 0 Å². The number of urea groups is 1. The highest BCUT2D eigenvalue weighted by Crippen LogP contribution is 2.16. The Bertz CT molecular complexity index is 989. The van der Waals surface area contributed by atoms with Crippen LogP contribution in [0.5, 0.6) is 0 Å². The van der Waals surface area contributed by atoms with E-state index in [1.807, 2.05) is 42.5 Å². The van der Waals surface area contributed by atoms with E-state index in [-0.39, 0.29) is 13.2 Å². The number of benzene rings is 2. The van der Waals surface area contributed by atoms with E-state index in [1.54, 1.807) is 36.7 Å². The van der Waals surface area contributed by atoms with Gasteiger partial charge in [-0.2, -0.15) is 0 Å². The normalized spacial score (nSPS) is 10.2. The number of aromatic nitrogens is 1. The van der Waals surface area contributed by atoms with E-state index in [0.29, 0.717) is 23.5 Å². The molecule has 3 rings (SSSR count). The Morgan fingerprint density at radius 1 is 0.968 bits per heavy atom. The highest BCUT2D eigenvalue weighted by molar-refractivity contribution is 7.78. The number of thiol groups is 1. The third-order valence-electron chi connectivity index (χ3n) is 4.23. The van der Waals surface area contributed by atoms with Crippen molar-refractivity contribution in [3.05, 3.63) is 90.3 Å². The smallest absolute Gasteiger partial charge is 0.331 e. The van der Waals surface area contributed by atoms with E-state index in [9.17, 15) is 9.59 Å². The number of rotatable bonds is 9. The molecule has 3 aromatic rings. The Balaban J connectivity index is 1.44. The fraction of sp³-hybridized carbons (Fsp3) is 0.136. The molecule has 0 aliphatic heterocycles. The summed E-state index contributed by atoms with van der Waals surface area (Å²) in [7, 11) is 0. The zero-order valence-electron chi connectivity index (χ0n) is 16.7. The predicted octanol–water partition coefficient (Wildman–Crippen LogP) is 3.73. The summed E-state index contributed by atoms with van der Waals surface area (Å²) >= 11 is 4.14. The lowest BCUT2D eigenvalue weighted by molar-refractivity contribution is 0.0303. The average molecular weight is 438 g/mol. The summed E-state index contributed by atoms with van der Waals surface area (Å²) in [5.74, 6) is -0.391. The third-order valence-corrected chi connectivity index (χ3v) is 4.62. The number of carbonyl (C=O) groups excluding carboxylic acids is 2. The van der Waals surface area contributed by atoms with Gasteiger partial charge in [-0.05, 0) is 42.0 Å². The number of hydrogen-bond acceptors (Lipinski definition) is 6. The van der Waals surface area contributed by atoms with Crippen molar-refractivity contribution in [2.45, 2.75) is 6.54 Å². The second kappa shape index (κ2) is 11.6. The number of hydrogen-bond donors (Lipinski definition) is 4. The van der Waals surface area contributed by atoms with Gasteiger partial charge in [-0.3, -0.25) is 18.9 Å². The van der Waals surface area contributed by atoms with E-state index in [0.717, 1.165) is 5.56 Å². The number of hydroxylamine groups is 1. The summed E-state index contributed by atoms with van der Waals surface area (Å²) in [5.41, 5.74) is 5.23. The van der Waals surface area contributed by atoms with Crippen molar-refractivity contribution in [2.24, 2.45) is 0 Å². The second-order valence-corrected chi connectivity index (χ2v) is 6.94. The predicted molar refractivity (Wildman–Crippen MR) is 123 cm³/mol. The minimum absolute atomic E-state index is 0.0735. The molecule has 160 valence electrons. The van der Waals surface area contributed by atoms with Crippen LogP contribution in [-0.4, -0.2) is 34.4 Å². The fourth-order valence-corrected chi connectivity index (χ4v) is 2.78. The molecular weight excluding hydrogens is 414 g/mol. The molecule has 0 radical (unpaired) electrons. The van der Waals surface area contributed by atoms with Crippen LogP contribution in [0.2, 0.25) is 0 Å². The van der Waals surface area contributed by atoms with Crippen molar-refractivity contribution in [3.63, 3.8) is 0 Å². The molecule has 0 fully saturated rings. The van der Waals surface area contributed by atoms with Crippen LogP contribution in [0.1, 0.15) is 15.9 Å². The average Bonchev–Trinajstić information content (AvgIpc) is 2.81. The zero-order valence-corrected chi connectivity index (χ0v) is 17.6. The number of carbonyl (C=O) groups is 2. The molecule has 8 nitrogen and oxygen atoms in total. The van der Waals surface area contributed by atoms with Crippen molar-refractivity contribution < 1.29 is 14.4 Å². The molecule has 1 aromatic heterocycles. The van der Waals surface area contributed by atoms with E-state index in [1.165, 1.54) is 4.31 Å². The second-order valence-electron chi connectivity index (χ2n) is 6.45. The summed E-state index contributed by atoms with van der Waals surface area (Å²) in [6, 6.07) is 19.6. The number of nitrogens with one attached hydrogen (secondary N) is 3. The Kier molecular flexibility index (Phi) is 8.27. The Hall–Kier alpha value is -3.56. The Morgan fingerprint density at radius 2 is 1.68 bits per heavy atom. The highest BCUT2D eigenvalue weighted by atomic mass is 32.1. The van der Waals surface area contributed by atoms with Crippen LogP contribution in [0, 0.1) is 0 Å². The topological polar surface area (TPSA) is 95.6 Å². The quantitative estimate of drug-likeness (QED) is 0.232. The largest absolute Gasteiger partial charge is 0.380 e. The summed E-state index contributed by atoms with van der Waals surface area (Å²) in [6.07, 6.45) is 3.43. The van der Waals surface area contributed by atoms with Crippen LogP contribution in [0.4, 0.5) is 16.2 Å². The van der Waals surface area contributed by atoms with Gasteiger partial charge < -0.3 is 10.6 Å². The molecule has 0 spiro atoms. The highest BCUT2D eigenvalue weighted by Gasteiger charge is 2.13. The molecule has 0 unspecified atom stereocenters. The van der Waals surface area contributed by atoms with Crippen molar-refractivity contribution in [3.8, 4) is 0 Å². The van der Waals surface area contributed by atoms with E-state index in [4.69, 9.17) is 4.84 Å². The first-order chi connectivity index (χ1) is 15.1. The molecule has 31 heavy (non-hydrogen) atoms. The number of anilines is 2. The van der Waals surface area contributed by atoms with Gasteiger partial charge in [0.1, 0.15) is 0 Å². The standard InChI is InChI=1S/C22H23N5O3S/c28-21(19-8-4-5-9-20(19)24-16-17-10-12-23-13-11-17)26-30-15-14-27(31)22(29)25-18-6-2-1-3-7-18/h1-13,24,31H,14-16H2,(H,25,29)(H,26,28). The van der Waals surface area contributed by atoms with E-state index < -0.39 is 11.9 Å². The maximum atomic E-state index is 12.5. The lowest BCUT2D eigenvalue weighted by atomic mass is 10.1. The number of nitrogens with zero attached hydrogens (tertiary/aromatic N) is 2. The van der Waals surface area contributed by atoms with Gasteiger partial charge in [0.15, 0.2) is 0 Å². The molecular formula is C22H23N5O3S. The number of pyridine rings is 1. The van der Waals surface area contributed by atoms with Gasteiger partial charge in [-0.1, -0.05) is 43.1 Å². The minimum atomic E-state index is -0.393. The number of para-hydroxylation sites is 2. The zero-order chi connectivity index (χ0) is 21.9. The number of amides is 3. The van der Waals surface area contributed by atoms with Crippen LogP contribution in [0.25, 0.3) is 0 Å². The van der Waals surface area contributed by atoms with Gasteiger partial charge >= 0.3 is 6.03 Å². The minimum Gasteiger partial charge on any atom is -0.380 e. The van der Waals surface area contributed by atoms with Crippen LogP contribution < -0.4 is 16.1 Å². The molecule has 0 aliphatic carbocycles. The maximum absolute atomic E-state index is 12.5. The van der Waals surface area contributed by atoms with E-state index in [2.05, 4.69) is 33.9 Å². The molecule has 0 aliphatic rings. The molecule has 0 saturated carbocycles. The summed E-state index contributed by atoms with van der Waals surface area (Å²) in [5, 5.41) is 5.95. The molecule has 0 atom stereocenters. The molecule has 0 bridgehead atoms. The van der Waals surface area contributed by atoms with Gasteiger partial charge in [0.25, 0.3) is 5.91 Å². The first kappa shape index (κ1) is 22.1. The van der Waals surface area contributed by atoms with Crippen molar-refractivity contribution in [2.75, 3.05) is 23.8 Å². The maximum Gasteiger partial charge on any atom is 0.331 e. The molecule has 3 amide bonds. The van der Waals surface area contributed by atoms with Gasteiger partial charge in [-0.15, -0.1) is 0 Å². The third kappa shape index (κ3) is 7.02. The summed E-state index contributed by atoms with van der Waals surface area (Å²) in [6.45, 7) is 0.798. The van der Waals surface area contributed by atoms with Crippen molar-refractivity contribution in [1.82, 2.24) is 14.8 Å². The van der Waals surface area contributed by atoms with Gasteiger partial charge in [0, 0.05) is 30.3 Å². The monoisotopic (exact) mass is 437 g/mol. The first-order valence-corrected chi connectivity index (χ1v) is 10.00. The first-order valence-electron chi connectivity index (χ1n) is 9.60. The van der Waals surface area contributed by atoms with Crippen LogP contribution in [-0.2, 0) is 11.4 Å². The van der Waals surface area contributed by atoms with Crippen LogP contribution in [0.3, 0.4) is 0 Å². The fourth-order valence-electron chi connectivity index (χ4n) is 2.65. The molecule has 2 aromatic carbocycles. The Labute approximate surface area is 186 Å². The Morgan fingerprint density at radius 3 is 2.45 bits per heavy atom. The SMILES string of the molecule is O=C(NOCCN(S)C(=O)Nc1ccccc1)c1ccccc1NCc1ccncc1. The van der Waals surface area contributed by atoms with Gasteiger partial charge in [0.05, 0.1) is 18.7 Å². The van der Waals surface area contributed by atoms with Crippen molar-refractivity contribution >= 4 is 36.1 Å². The lowest BCUT2D eigenvalue weighted by Gasteiger charge is -2.17. The van der Waals surface area contributed by atoms with Crippen LogP contribution >= 0.6 is 12.8 Å². The van der Waals surface area contributed by atoms with Crippen molar-refractivity contribution in [1.29, 1.82) is 0 Å².